The molecule has 3 nitrogen and oxygen atoms in total. The van der Waals surface area contributed by atoms with Crippen molar-refractivity contribution in [2.24, 2.45) is 0 Å². The molecular formula is C9H14N2O. The lowest BCUT2D eigenvalue weighted by atomic mass is 10.4. The lowest BCUT2D eigenvalue weighted by Crippen LogP contribution is -1.90. The molecule has 0 atom stereocenters. The van der Waals surface area contributed by atoms with E-state index in [1.54, 1.807) is 6.20 Å². The Morgan fingerprint density at radius 3 is 3.08 bits per heavy atom. The molecule has 0 aliphatic carbocycles. The van der Waals surface area contributed by atoms with E-state index in [9.17, 15) is 0 Å². The first-order valence-electron chi connectivity index (χ1n) is 4.21. The number of allylic oxidation sites excluding steroid dienone is 1. The number of hydrogen-bond acceptors (Lipinski definition) is 2. The Balaban J connectivity index is 2.57. The topological polar surface area (TPSA) is 37.9 Å². The van der Waals surface area contributed by atoms with Gasteiger partial charge in [0.15, 0.2) is 0 Å². The Hall–Kier alpha value is -1.25. The highest BCUT2D eigenvalue weighted by atomic mass is 16.5. The van der Waals surface area contributed by atoms with Crippen LogP contribution in [0.4, 0.5) is 0 Å². The highest BCUT2D eigenvalue weighted by molar-refractivity contribution is 5.40. The molecule has 0 saturated heterocycles. The Morgan fingerprint density at radius 1 is 1.58 bits per heavy atom. The highest BCUT2D eigenvalue weighted by Gasteiger charge is 1.95. The molecule has 0 bridgehead atoms. The molecule has 3 heteroatoms. The largest absolute Gasteiger partial charge is 0.478 e. The van der Waals surface area contributed by atoms with Crippen LogP contribution in [0.3, 0.4) is 0 Å². The van der Waals surface area contributed by atoms with E-state index in [4.69, 9.17) is 4.74 Å². The van der Waals surface area contributed by atoms with Crippen molar-refractivity contribution in [3.8, 4) is 5.88 Å². The summed E-state index contributed by atoms with van der Waals surface area (Å²) in [5, 5.41) is 0. The minimum Gasteiger partial charge on any atom is -0.478 e. The Morgan fingerprint density at radius 2 is 2.42 bits per heavy atom. The van der Waals surface area contributed by atoms with Gasteiger partial charge in [0.05, 0.1) is 12.8 Å². The molecule has 1 N–H and O–H groups in total. The van der Waals surface area contributed by atoms with Gasteiger partial charge in [-0.2, -0.15) is 0 Å². The van der Waals surface area contributed by atoms with E-state index < -0.39 is 0 Å². The van der Waals surface area contributed by atoms with Crippen molar-refractivity contribution < 1.29 is 4.74 Å². The summed E-state index contributed by atoms with van der Waals surface area (Å²) in [7, 11) is 0. The highest BCUT2D eigenvalue weighted by Crippen LogP contribution is 2.07. The number of imidazole rings is 1. The van der Waals surface area contributed by atoms with Gasteiger partial charge in [0.25, 0.3) is 0 Å². The van der Waals surface area contributed by atoms with Crippen molar-refractivity contribution in [3.63, 3.8) is 0 Å². The molecule has 66 valence electrons. The van der Waals surface area contributed by atoms with Crippen molar-refractivity contribution in [3.05, 3.63) is 18.1 Å². The first-order valence-corrected chi connectivity index (χ1v) is 4.21. The molecule has 0 radical (unpaired) electrons. The first kappa shape index (κ1) is 8.84. The van der Waals surface area contributed by atoms with Crippen LogP contribution in [0.15, 0.2) is 12.3 Å². The second-order valence-electron chi connectivity index (χ2n) is 2.38. The molecule has 0 saturated carbocycles. The fraction of sp³-hybridized carbons (Fsp3) is 0.444. The molecule has 1 aromatic rings. The Kier molecular flexibility index (Phi) is 3.38. The fourth-order valence-electron chi connectivity index (χ4n) is 0.862. The summed E-state index contributed by atoms with van der Waals surface area (Å²) in [4.78, 5) is 7.13. The van der Waals surface area contributed by atoms with E-state index >= 15 is 0 Å². The summed E-state index contributed by atoms with van der Waals surface area (Å²) < 4.78 is 5.21. The van der Waals surface area contributed by atoms with Crippen LogP contribution in [0.1, 0.15) is 26.1 Å². The Bertz CT molecular complexity index is 253. The molecular weight excluding hydrogens is 152 g/mol. The van der Waals surface area contributed by atoms with Crippen LogP contribution in [-0.4, -0.2) is 16.6 Å². The average molecular weight is 166 g/mol. The summed E-state index contributed by atoms with van der Waals surface area (Å²) in [6.07, 6.45) is 6.71. The molecule has 0 aliphatic rings. The van der Waals surface area contributed by atoms with E-state index in [0.717, 1.165) is 18.1 Å². The number of aromatic nitrogens is 2. The van der Waals surface area contributed by atoms with Crippen LogP contribution in [0, 0.1) is 0 Å². The molecule has 0 aromatic carbocycles. The summed E-state index contributed by atoms with van der Waals surface area (Å²) in [6.45, 7) is 4.70. The number of nitrogens with zero attached hydrogens (tertiary/aromatic N) is 1. The predicted molar refractivity (Wildman–Crippen MR) is 49.1 cm³/mol. The lowest BCUT2D eigenvalue weighted by Gasteiger charge is -1.94. The lowest BCUT2D eigenvalue weighted by molar-refractivity contribution is 0.328. The molecule has 0 fully saturated rings. The van der Waals surface area contributed by atoms with Gasteiger partial charge in [0.2, 0.25) is 5.88 Å². The molecule has 0 aliphatic heterocycles. The van der Waals surface area contributed by atoms with Crippen LogP contribution in [0.2, 0.25) is 0 Å². The molecule has 0 amide bonds. The average Bonchev–Trinajstić information content (AvgIpc) is 2.50. The van der Waals surface area contributed by atoms with E-state index in [2.05, 4.69) is 23.0 Å². The van der Waals surface area contributed by atoms with Gasteiger partial charge >= 0.3 is 0 Å². The zero-order valence-electron chi connectivity index (χ0n) is 7.50. The van der Waals surface area contributed by atoms with Crippen molar-refractivity contribution >= 4 is 6.08 Å². The fourth-order valence-corrected chi connectivity index (χ4v) is 0.862. The molecule has 0 spiro atoms. The van der Waals surface area contributed by atoms with Crippen molar-refractivity contribution in [2.45, 2.75) is 20.3 Å². The van der Waals surface area contributed by atoms with Gasteiger partial charge in [-0.1, -0.05) is 13.0 Å². The third-order valence-electron chi connectivity index (χ3n) is 1.38. The first-order chi connectivity index (χ1) is 5.86. The van der Waals surface area contributed by atoms with Gasteiger partial charge in [-0.25, -0.2) is 4.98 Å². The maximum atomic E-state index is 5.21. The number of H-pyrrole nitrogens is 1. The minimum absolute atomic E-state index is 0.666. The standard InChI is InChI=1S/C9H14N2O/c1-3-5-6-8-10-7-9(11-8)12-4-2/h5-7H,3-4H2,1-2H3,(H,10,11). The van der Waals surface area contributed by atoms with Crippen molar-refractivity contribution in [2.75, 3.05) is 6.61 Å². The third-order valence-corrected chi connectivity index (χ3v) is 1.38. The maximum Gasteiger partial charge on any atom is 0.211 e. The third kappa shape index (κ3) is 2.42. The van der Waals surface area contributed by atoms with Crippen LogP contribution in [0.25, 0.3) is 6.08 Å². The SMILES string of the molecule is CCC=Cc1ncc(OCC)[nH]1. The summed E-state index contributed by atoms with van der Waals surface area (Å²) in [6, 6.07) is 0. The maximum absolute atomic E-state index is 5.21. The van der Waals surface area contributed by atoms with Gasteiger partial charge < -0.3 is 9.72 Å². The van der Waals surface area contributed by atoms with E-state index in [1.165, 1.54) is 0 Å². The second kappa shape index (κ2) is 4.59. The van der Waals surface area contributed by atoms with Gasteiger partial charge in [-0.05, 0) is 19.4 Å². The van der Waals surface area contributed by atoms with Gasteiger partial charge in [0.1, 0.15) is 5.82 Å². The van der Waals surface area contributed by atoms with E-state index in [-0.39, 0.29) is 0 Å². The summed E-state index contributed by atoms with van der Waals surface area (Å²) in [5.74, 6) is 1.58. The van der Waals surface area contributed by atoms with Crippen LogP contribution >= 0.6 is 0 Å². The zero-order chi connectivity index (χ0) is 8.81. The number of ether oxygens (including phenoxy) is 1. The monoisotopic (exact) mass is 166 g/mol. The number of hydrogen-bond donors (Lipinski definition) is 1. The predicted octanol–water partition coefficient (Wildman–Crippen LogP) is 2.23. The summed E-state index contributed by atoms with van der Waals surface area (Å²) in [5.41, 5.74) is 0. The van der Waals surface area contributed by atoms with E-state index in [0.29, 0.717) is 6.61 Å². The molecule has 1 aromatic heterocycles. The number of aromatic amines is 1. The molecule has 1 rings (SSSR count). The molecule has 0 unspecified atom stereocenters. The Labute approximate surface area is 72.5 Å². The quantitative estimate of drug-likeness (QED) is 0.744. The van der Waals surface area contributed by atoms with Crippen molar-refractivity contribution in [1.29, 1.82) is 0 Å². The van der Waals surface area contributed by atoms with Crippen molar-refractivity contribution in [1.82, 2.24) is 9.97 Å². The van der Waals surface area contributed by atoms with E-state index in [1.807, 2.05) is 13.0 Å². The van der Waals surface area contributed by atoms with Gasteiger partial charge in [-0.15, -0.1) is 0 Å². The smallest absolute Gasteiger partial charge is 0.211 e. The minimum atomic E-state index is 0.666. The van der Waals surface area contributed by atoms with Crippen LogP contribution < -0.4 is 4.74 Å². The molecule has 12 heavy (non-hydrogen) atoms. The normalized spacial score (nSPS) is 10.8. The number of rotatable bonds is 4. The van der Waals surface area contributed by atoms with Gasteiger partial charge in [0, 0.05) is 0 Å². The second-order valence-corrected chi connectivity index (χ2v) is 2.38. The summed E-state index contributed by atoms with van der Waals surface area (Å²) >= 11 is 0. The molecule has 1 heterocycles. The van der Waals surface area contributed by atoms with Gasteiger partial charge in [-0.3, -0.25) is 0 Å². The zero-order valence-corrected chi connectivity index (χ0v) is 7.50. The van der Waals surface area contributed by atoms with Crippen LogP contribution in [0.5, 0.6) is 5.88 Å². The van der Waals surface area contributed by atoms with Crippen LogP contribution in [-0.2, 0) is 0 Å². The number of nitrogens with one attached hydrogen (secondary N) is 1.